The first-order valence-electron chi connectivity index (χ1n) is 10.0. The summed E-state index contributed by atoms with van der Waals surface area (Å²) in [7, 11) is 0. The Balaban J connectivity index is -0.000000411. The summed E-state index contributed by atoms with van der Waals surface area (Å²) in [6.45, 7) is 8.47. The first-order chi connectivity index (χ1) is 12.2. The molecule has 0 aliphatic rings. The third-order valence-electron chi connectivity index (χ3n) is 4.74. The first kappa shape index (κ1) is 32.9. The minimum absolute atomic E-state index is 0. The van der Waals surface area contributed by atoms with E-state index in [2.05, 4.69) is 53.0 Å². The number of aliphatic carboxylic acids is 2. The van der Waals surface area contributed by atoms with Crippen LogP contribution < -0.4 is 10.2 Å². The number of hydrogen-bond donors (Lipinski definition) is 2. The van der Waals surface area contributed by atoms with Crippen LogP contribution in [0, 0.1) is 11.8 Å². The van der Waals surface area contributed by atoms with E-state index in [-0.39, 0.29) is 48.9 Å². The molecule has 0 heterocycles. The molecule has 0 aliphatic heterocycles. The molecular formula is C20H38BaO4S2. The average Bonchev–Trinajstić information content (AvgIpc) is 2.61. The Bertz CT molecular complexity index is 336. The summed E-state index contributed by atoms with van der Waals surface area (Å²) in [5, 5.41) is 19.7. The van der Waals surface area contributed by atoms with E-state index in [4.69, 9.17) is 0 Å². The van der Waals surface area contributed by atoms with Gasteiger partial charge in [0.05, 0.1) is 11.9 Å². The van der Waals surface area contributed by atoms with Crippen LogP contribution in [-0.2, 0) is 9.59 Å². The zero-order valence-corrected chi connectivity index (χ0v) is 23.8. The van der Waals surface area contributed by atoms with Gasteiger partial charge in [0.15, 0.2) is 0 Å². The molecule has 0 bridgehead atoms. The summed E-state index contributed by atoms with van der Waals surface area (Å²) < 4.78 is 0. The van der Waals surface area contributed by atoms with Crippen molar-refractivity contribution in [1.29, 1.82) is 0 Å². The predicted octanol–water partition coefficient (Wildman–Crippen LogP) is 2.90. The molecule has 0 N–H and O–H groups in total. The van der Waals surface area contributed by atoms with Gasteiger partial charge in [0.2, 0.25) is 0 Å². The van der Waals surface area contributed by atoms with Crippen molar-refractivity contribution < 1.29 is 19.8 Å². The van der Waals surface area contributed by atoms with E-state index in [0.29, 0.717) is 24.7 Å². The van der Waals surface area contributed by atoms with Gasteiger partial charge in [-0.15, -0.1) is 0 Å². The Labute approximate surface area is 217 Å². The molecule has 0 aromatic heterocycles. The number of carbonyl (C=O) groups excluding carboxylic acids is 2. The molecule has 0 saturated carbocycles. The second-order valence-corrected chi connectivity index (χ2v) is 8.22. The van der Waals surface area contributed by atoms with Gasteiger partial charge < -0.3 is 19.8 Å². The molecule has 0 saturated heterocycles. The number of unbranched alkanes of at least 4 members (excludes halogenated alkanes) is 2. The van der Waals surface area contributed by atoms with Crippen LogP contribution in [0.25, 0.3) is 0 Å². The van der Waals surface area contributed by atoms with Gasteiger partial charge in [0.25, 0.3) is 0 Å². The van der Waals surface area contributed by atoms with E-state index in [1.807, 2.05) is 0 Å². The molecule has 0 aliphatic carbocycles. The minimum atomic E-state index is -1.04. The summed E-state index contributed by atoms with van der Waals surface area (Å²) in [6, 6.07) is 0. The van der Waals surface area contributed by atoms with Crippen LogP contribution in [0.2, 0.25) is 0 Å². The number of hydrogen-bond acceptors (Lipinski definition) is 6. The Morgan fingerprint density at radius 3 is 1.22 bits per heavy atom. The predicted molar refractivity (Wildman–Crippen MR) is 117 cm³/mol. The van der Waals surface area contributed by atoms with Crippen LogP contribution >= 0.6 is 25.3 Å². The molecule has 27 heavy (non-hydrogen) atoms. The maximum Gasteiger partial charge on any atom is 2.00 e. The Morgan fingerprint density at radius 2 is 1.04 bits per heavy atom. The fourth-order valence-corrected chi connectivity index (χ4v) is 3.38. The molecule has 7 heteroatoms. The number of carbonyl (C=O) groups is 2. The van der Waals surface area contributed by atoms with E-state index in [1.165, 1.54) is 25.7 Å². The van der Waals surface area contributed by atoms with Crippen molar-refractivity contribution >= 4 is 86.1 Å². The molecule has 0 rings (SSSR count). The van der Waals surface area contributed by atoms with E-state index in [1.54, 1.807) is 0 Å². The fourth-order valence-electron chi connectivity index (χ4n) is 2.79. The Morgan fingerprint density at radius 1 is 0.741 bits per heavy atom. The average molecular weight is 544 g/mol. The maximum absolute atomic E-state index is 10.4. The van der Waals surface area contributed by atoms with Gasteiger partial charge in [-0.2, -0.15) is 25.3 Å². The van der Waals surface area contributed by atoms with E-state index >= 15 is 0 Å². The van der Waals surface area contributed by atoms with Gasteiger partial charge >= 0.3 is 48.9 Å². The summed E-state index contributed by atoms with van der Waals surface area (Å²) in [5.74, 6) is -1.11. The summed E-state index contributed by atoms with van der Waals surface area (Å²) in [4.78, 5) is 20.9. The zero-order chi connectivity index (χ0) is 20.5. The SMILES string of the molecule is CCCCC(CC)CC(S)C(=O)[O-].CCCCC(CC)CC(S)C(=O)[O-].[Ba+2]. The molecule has 4 unspecified atom stereocenters. The molecular weight excluding hydrogens is 506 g/mol. The molecule has 156 valence electrons. The molecule has 0 radical (unpaired) electrons. The van der Waals surface area contributed by atoms with Crippen molar-refractivity contribution in [2.75, 3.05) is 0 Å². The zero-order valence-electron chi connectivity index (χ0n) is 17.6. The Kier molecular flexibility index (Phi) is 26.7. The largest absolute Gasteiger partial charge is 2.00 e. The molecule has 0 aromatic carbocycles. The van der Waals surface area contributed by atoms with Crippen molar-refractivity contribution in [1.82, 2.24) is 0 Å². The second-order valence-electron chi connectivity index (χ2n) is 6.97. The fraction of sp³-hybridized carbons (Fsp3) is 0.900. The number of carboxylic acids is 2. The molecule has 0 fully saturated rings. The number of rotatable bonds is 14. The number of thiol groups is 2. The van der Waals surface area contributed by atoms with Crippen LogP contribution in [-0.4, -0.2) is 71.3 Å². The third-order valence-corrected chi connectivity index (χ3v) is 5.59. The van der Waals surface area contributed by atoms with E-state index < -0.39 is 22.4 Å². The van der Waals surface area contributed by atoms with E-state index in [9.17, 15) is 19.8 Å². The second kappa shape index (κ2) is 21.9. The monoisotopic (exact) mass is 544 g/mol. The van der Waals surface area contributed by atoms with Gasteiger partial charge in [-0.05, 0) is 24.7 Å². The summed E-state index contributed by atoms with van der Waals surface area (Å²) >= 11 is 7.96. The van der Waals surface area contributed by atoms with Crippen molar-refractivity contribution in [3.05, 3.63) is 0 Å². The topological polar surface area (TPSA) is 80.3 Å². The molecule has 0 amide bonds. The van der Waals surface area contributed by atoms with Gasteiger partial charge in [0, 0.05) is 10.5 Å². The molecule has 4 nitrogen and oxygen atoms in total. The van der Waals surface area contributed by atoms with Crippen LogP contribution in [0.15, 0.2) is 0 Å². The normalized spacial score (nSPS) is 14.7. The van der Waals surface area contributed by atoms with Gasteiger partial charge in [-0.25, -0.2) is 0 Å². The van der Waals surface area contributed by atoms with Crippen LogP contribution in [0.5, 0.6) is 0 Å². The van der Waals surface area contributed by atoms with Crippen molar-refractivity contribution in [2.45, 2.75) is 102 Å². The Hall–Kier alpha value is 1.21. The first-order valence-corrected chi connectivity index (χ1v) is 11.0. The third kappa shape index (κ3) is 20.3. The van der Waals surface area contributed by atoms with Crippen LogP contribution in [0.4, 0.5) is 0 Å². The van der Waals surface area contributed by atoms with Gasteiger partial charge in [0.1, 0.15) is 0 Å². The van der Waals surface area contributed by atoms with Crippen LogP contribution in [0.1, 0.15) is 91.9 Å². The standard InChI is InChI=1S/2C10H20O2S.Ba/c2*1-3-5-6-8(4-2)7-9(13)10(11)12;/h2*8-9,13H,3-7H2,1-2H3,(H,11,12);/q;;+2/p-2. The smallest absolute Gasteiger partial charge is 0.549 e. The van der Waals surface area contributed by atoms with Gasteiger partial charge in [-0.1, -0.05) is 79.1 Å². The number of carboxylic acid groups (broad SMARTS) is 2. The maximum atomic E-state index is 10.4. The molecule has 4 atom stereocenters. The molecule has 0 spiro atoms. The van der Waals surface area contributed by atoms with Crippen molar-refractivity contribution in [3.63, 3.8) is 0 Å². The molecule has 0 aromatic rings. The van der Waals surface area contributed by atoms with Crippen molar-refractivity contribution in [2.24, 2.45) is 11.8 Å². The van der Waals surface area contributed by atoms with Gasteiger partial charge in [-0.3, -0.25) is 0 Å². The van der Waals surface area contributed by atoms with Crippen LogP contribution in [0.3, 0.4) is 0 Å². The quantitative estimate of drug-likeness (QED) is 0.261. The van der Waals surface area contributed by atoms with E-state index in [0.717, 1.165) is 25.7 Å². The van der Waals surface area contributed by atoms with Crippen molar-refractivity contribution in [3.8, 4) is 0 Å². The summed E-state index contributed by atoms with van der Waals surface area (Å²) in [6.07, 6.45) is 10.2. The summed E-state index contributed by atoms with van der Waals surface area (Å²) in [5.41, 5.74) is 0. The minimum Gasteiger partial charge on any atom is -0.549 e.